The van der Waals surface area contributed by atoms with Gasteiger partial charge in [0.05, 0.1) is 16.7 Å². The molecule has 2 aliphatic heterocycles. The zero-order valence-corrected chi connectivity index (χ0v) is 19.4. The fourth-order valence-electron chi connectivity index (χ4n) is 5.82. The minimum Gasteiger partial charge on any atom is -0.458 e. The van der Waals surface area contributed by atoms with Crippen LogP contribution < -0.4 is 26.0 Å². The first-order chi connectivity index (χ1) is 17.9. The zero-order valence-electron chi connectivity index (χ0n) is 19.4. The summed E-state index contributed by atoms with van der Waals surface area (Å²) in [7, 11) is 0. The number of anilines is 3. The second-order valence-corrected chi connectivity index (χ2v) is 9.29. The van der Waals surface area contributed by atoms with Gasteiger partial charge in [-0.3, -0.25) is 4.57 Å². The highest BCUT2D eigenvalue weighted by Crippen LogP contribution is 2.40. The average molecular weight is 461 g/mol. The standard InChI is InChI=1S/C31H20BN3O/c1-3-10-21(11-4-1)35(22-12-5-2-6-13-22)23-18-27-30-29(19-23)36-28-17-8-7-14-24(28)32(30)25-15-9-16-26-31(25)34(27)20-33-26/h1-20H. The lowest BCUT2D eigenvalue weighted by molar-refractivity contribution is 0.487. The molecule has 8 rings (SSSR count). The van der Waals surface area contributed by atoms with E-state index in [-0.39, 0.29) is 6.71 Å². The lowest BCUT2D eigenvalue weighted by Crippen LogP contribution is -2.58. The molecule has 36 heavy (non-hydrogen) atoms. The molecule has 3 heterocycles. The largest absolute Gasteiger partial charge is 0.458 e. The van der Waals surface area contributed by atoms with E-state index in [2.05, 4.69) is 107 Å². The molecule has 0 N–H and O–H groups in total. The molecule has 0 atom stereocenters. The van der Waals surface area contributed by atoms with Gasteiger partial charge in [-0.1, -0.05) is 66.7 Å². The van der Waals surface area contributed by atoms with Gasteiger partial charge in [0.15, 0.2) is 0 Å². The lowest BCUT2D eigenvalue weighted by atomic mass is 9.34. The van der Waals surface area contributed by atoms with E-state index in [0.29, 0.717) is 0 Å². The van der Waals surface area contributed by atoms with Gasteiger partial charge >= 0.3 is 0 Å². The van der Waals surface area contributed by atoms with Crippen LogP contribution >= 0.6 is 0 Å². The van der Waals surface area contributed by atoms with E-state index < -0.39 is 0 Å². The third-order valence-corrected chi connectivity index (χ3v) is 7.30. The highest BCUT2D eigenvalue weighted by atomic mass is 16.5. The topological polar surface area (TPSA) is 30.3 Å². The number of rotatable bonds is 3. The van der Waals surface area contributed by atoms with Crippen LogP contribution in [0.3, 0.4) is 0 Å². The van der Waals surface area contributed by atoms with Gasteiger partial charge in [0.25, 0.3) is 6.71 Å². The van der Waals surface area contributed by atoms with Crippen molar-refractivity contribution in [3.05, 3.63) is 122 Å². The maximum Gasteiger partial charge on any atom is 0.256 e. The Kier molecular flexibility index (Phi) is 4.00. The SMILES string of the molecule is c1ccc(N(c2ccccc2)c2cc3c4c(c2)-n2cnc5cccc(c52)B4c2ccccc2O3)cc1. The molecule has 4 nitrogen and oxygen atoms in total. The van der Waals surface area contributed by atoms with E-state index in [4.69, 9.17) is 9.72 Å². The second kappa shape index (κ2) is 7.36. The number of nitrogens with zero attached hydrogens (tertiary/aromatic N) is 3. The van der Waals surface area contributed by atoms with Crippen LogP contribution in [0.1, 0.15) is 0 Å². The zero-order chi connectivity index (χ0) is 23.6. The van der Waals surface area contributed by atoms with Crippen LogP contribution in [0.25, 0.3) is 16.7 Å². The summed E-state index contributed by atoms with van der Waals surface area (Å²) in [4.78, 5) is 7.05. The number of imidazole rings is 1. The first kappa shape index (κ1) is 19.5. The van der Waals surface area contributed by atoms with Gasteiger partial charge in [0.1, 0.15) is 17.8 Å². The molecule has 0 radical (unpaired) electrons. The molecule has 5 aromatic carbocycles. The quantitative estimate of drug-likeness (QED) is 0.329. The van der Waals surface area contributed by atoms with Crippen LogP contribution in [-0.4, -0.2) is 16.3 Å². The van der Waals surface area contributed by atoms with Crippen LogP contribution in [0.4, 0.5) is 17.1 Å². The predicted molar refractivity (Wildman–Crippen MR) is 147 cm³/mol. The van der Waals surface area contributed by atoms with E-state index in [1.165, 1.54) is 21.9 Å². The number of ether oxygens (including phenoxy) is 1. The Balaban J connectivity index is 1.45. The van der Waals surface area contributed by atoms with Gasteiger partial charge in [-0.05, 0) is 58.9 Å². The van der Waals surface area contributed by atoms with Crippen molar-refractivity contribution in [1.82, 2.24) is 9.55 Å². The van der Waals surface area contributed by atoms with Crippen molar-refractivity contribution >= 4 is 51.2 Å². The summed E-state index contributed by atoms with van der Waals surface area (Å²) in [6.45, 7) is 0.101. The molecule has 0 fully saturated rings. The van der Waals surface area contributed by atoms with Crippen molar-refractivity contribution in [2.45, 2.75) is 0 Å². The van der Waals surface area contributed by atoms with Gasteiger partial charge in [0, 0.05) is 23.1 Å². The molecule has 0 bridgehead atoms. The Morgan fingerprint density at radius 3 is 2.11 bits per heavy atom. The maximum atomic E-state index is 6.61. The Labute approximate surface area is 209 Å². The molecule has 0 aliphatic carbocycles. The highest BCUT2D eigenvalue weighted by Gasteiger charge is 2.40. The smallest absolute Gasteiger partial charge is 0.256 e. The summed E-state index contributed by atoms with van der Waals surface area (Å²) >= 11 is 0. The summed E-state index contributed by atoms with van der Waals surface area (Å²) in [6.07, 6.45) is 1.94. The van der Waals surface area contributed by atoms with Gasteiger partial charge in [-0.25, -0.2) is 4.98 Å². The molecule has 6 aromatic rings. The van der Waals surface area contributed by atoms with Crippen LogP contribution in [0.5, 0.6) is 11.5 Å². The molecule has 2 aliphatic rings. The molecular formula is C31H20BN3O. The summed E-state index contributed by atoms with van der Waals surface area (Å²) in [5.41, 5.74) is 10.2. The van der Waals surface area contributed by atoms with E-state index in [0.717, 1.165) is 39.8 Å². The number of hydrogen-bond acceptors (Lipinski definition) is 3. The van der Waals surface area contributed by atoms with Crippen molar-refractivity contribution in [1.29, 1.82) is 0 Å². The summed E-state index contributed by atoms with van der Waals surface area (Å²) in [5.74, 6) is 1.80. The second-order valence-electron chi connectivity index (χ2n) is 9.29. The third-order valence-electron chi connectivity index (χ3n) is 7.30. The first-order valence-electron chi connectivity index (χ1n) is 12.2. The minimum absolute atomic E-state index is 0.101. The lowest BCUT2D eigenvalue weighted by Gasteiger charge is -2.34. The van der Waals surface area contributed by atoms with Crippen molar-refractivity contribution in [3.8, 4) is 17.2 Å². The molecule has 0 amide bonds. The normalized spacial score (nSPS) is 12.6. The van der Waals surface area contributed by atoms with Gasteiger partial charge in [-0.15, -0.1) is 0 Å². The van der Waals surface area contributed by atoms with Crippen molar-refractivity contribution < 1.29 is 4.74 Å². The Morgan fingerprint density at radius 2 is 1.33 bits per heavy atom. The van der Waals surface area contributed by atoms with E-state index in [1.807, 2.05) is 24.5 Å². The monoisotopic (exact) mass is 461 g/mol. The molecule has 0 saturated heterocycles. The number of para-hydroxylation sites is 4. The third kappa shape index (κ3) is 2.68. The molecule has 0 unspecified atom stereocenters. The highest BCUT2D eigenvalue weighted by molar-refractivity contribution is 6.99. The number of hydrogen-bond donors (Lipinski definition) is 0. The van der Waals surface area contributed by atoms with Crippen molar-refractivity contribution in [2.75, 3.05) is 4.90 Å². The molecule has 168 valence electrons. The number of fused-ring (bicyclic) bond motifs is 4. The summed E-state index contributed by atoms with van der Waals surface area (Å²) in [6, 6.07) is 40.3. The average Bonchev–Trinajstić information content (AvgIpc) is 3.37. The fourth-order valence-corrected chi connectivity index (χ4v) is 5.82. The minimum atomic E-state index is 0.101. The molecule has 0 saturated carbocycles. The Hall–Kier alpha value is -4.77. The predicted octanol–water partition coefficient (Wildman–Crippen LogP) is 5.43. The first-order valence-corrected chi connectivity index (χ1v) is 12.2. The van der Waals surface area contributed by atoms with Gasteiger partial charge in [0.2, 0.25) is 0 Å². The van der Waals surface area contributed by atoms with Crippen LogP contribution in [0.2, 0.25) is 0 Å². The van der Waals surface area contributed by atoms with Crippen LogP contribution in [0.15, 0.2) is 122 Å². The Bertz CT molecular complexity index is 1740. The molecule has 0 spiro atoms. The van der Waals surface area contributed by atoms with E-state index in [1.54, 1.807) is 0 Å². The van der Waals surface area contributed by atoms with E-state index in [9.17, 15) is 0 Å². The van der Waals surface area contributed by atoms with Crippen LogP contribution in [0, 0.1) is 0 Å². The molecule has 1 aromatic heterocycles. The summed E-state index contributed by atoms with van der Waals surface area (Å²) < 4.78 is 8.84. The van der Waals surface area contributed by atoms with Crippen LogP contribution in [-0.2, 0) is 0 Å². The summed E-state index contributed by atoms with van der Waals surface area (Å²) in [5, 5.41) is 0. The van der Waals surface area contributed by atoms with Crippen molar-refractivity contribution in [2.24, 2.45) is 0 Å². The molecular weight excluding hydrogens is 441 g/mol. The van der Waals surface area contributed by atoms with Gasteiger partial charge < -0.3 is 9.64 Å². The molecule has 5 heteroatoms. The Morgan fingerprint density at radius 1 is 0.639 bits per heavy atom. The maximum absolute atomic E-state index is 6.61. The van der Waals surface area contributed by atoms with E-state index >= 15 is 0 Å². The fraction of sp³-hybridized carbons (Fsp3) is 0. The van der Waals surface area contributed by atoms with Crippen molar-refractivity contribution in [3.63, 3.8) is 0 Å². The number of aromatic nitrogens is 2. The number of benzene rings is 5. The van der Waals surface area contributed by atoms with Gasteiger partial charge in [-0.2, -0.15) is 0 Å².